The second-order valence-electron chi connectivity index (χ2n) is 5.31. The van der Waals surface area contributed by atoms with E-state index in [-0.39, 0.29) is 12.6 Å². The predicted octanol–water partition coefficient (Wildman–Crippen LogP) is 2.77. The second kappa shape index (κ2) is 7.47. The number of aliphatic hydroxyl groups excluding tert-OH is 1. The first-order valence-corrected chi connectivity index (χ1v) is 7.52. The largest absolute Gasteiger partial charge is 0.467 e. The van der Waals surface area contributed by atoms with Crippen molar-refractivity contribution in [2.75, 3.05) is 11.9 Å². The van der Waals surface area contributed by atoms with Crippen molar-refractivity contribution in [1.82, 2.24) is 15.1 Å². The van der Waals surface area contributed by atoms with Crippen LogP contribution in [0.5, 0.6) is 0 Å². The van der Waals surface area contributed by atoms with E-state index < -0.39 is 6.10 Å². The highest BCUT2D eigenvalue weighted by atomic mass is 16.4. The van der Waals surface area contributed by atoms with Gasteiger partial charge >= 0.3 is 6.03 Å². The number of amides is 2. The molecule has 24 heavy (non-hydrogen) atoms. The maximum Gasteiger partial charge on any atom is 0.322 e. The molecule has 7 nitrogen and oxygen atoms in total. The number of furan rings is 1. The van der Waals surface area contributed by atoms with Crippen LogP contribution in [0.4, 0.5) is 10.5 Å². The van der Waals surface area contributed by atoms with E-state index in [1.807, 2.05) is 30.3 Å². The van der Waals surface area contributed by atoms with Crippen molar-refractivity contribution in [3.63, 3.8) is 0 Å². The molecule has 0 fully saturated rings. The van der Waals surface area contributed by atoms with Crippen LogP contribution in [0.3, 0.4) is 0 Å². The van der Waals surface area contributed by atoms with Crippen LogP contribution in [-0.2, 0) is 6.54 Å². The summed E-state index contributed by atoms with van der Waals surface area (Å²) in [5, 5.41) is 19.5. The molecule has 0 saturated carbocycles. The number of urea groups is 1. The lowest BCUT2D eigenvalue weighted by atomic mass is 10.2. The molecule has 0 bridgehead atoms. The summed E-state index contributed by atoms with van der Waals surface area (Å²) in [5.74, 6) is 0.421. The Morgan fingerprint density at radius 3 is 2.79 bits per heavy atom. The number of nitrogens with one attached hydrogen (secondary N) is 2. The Hall–Kier alpha value is -3.06. The monoisotopic (exact) mass is 326 g/mol. The highest BCUT2D eigenvalue weighted by Crippen LogP contribution is 2.17. The number of aromatic nitrogens is 2. The zero-order valence-corrected chi connectivity index (χ0v) is 12.9. The van der Waals surface area contributed by atoms with Gasteiger partial charge in [0.25, 0.3) is 0 Å². The highest BCUT2D eigenvalue weighted by molar-refractivity contribution is 5.89. The Kier molecular flexibility index (Phi) is 4.93. The van der Waals surface area contributed by atoms with Gasteiger partial charge in [0.05, 0.1) is 24.7 Å². The summed E-state index contributed by atoms with van der Waals surface area (Å²) < 4.78 is 5.21. The van der Waals surface area contributed by atoms with Crippen LogP contribution in [0.1, 0.15) is 17.4 Å². The molecular formula is C17H18N4O3. The number of hydrogen-bond acceptors (Lipinski definition) is 4. The number of rotatable bonds is 6. The maximum atomic E-state index is 12.6. The van der Waals surface area contributed by atoms with Crippen molar-refractivity contribution >= 4 is 11.7 Å². The molecule has 2 aromatic heterocycles. The minimum absolute atomic E-state index is 0.103. The Morgan fingerprint density at radius 1 is 1.29 bits per heavy atom. The number of carbonyl (C=O) groups is 1. The molecule has 2 heterocycles. The first-order valence-electron chi connectivity index (χ1n) is 7.52. The van der Waals surface area contributed by atoms with Gasteiger partial charge in [-0.15, -0.1) is 0 Å². The third-order valence-electron chi connectivity index (χ3n) is 3.52. The van der Waals surface area contributed by atoms with E-state index in [4.69, 9.17) is 4.42 Å². The second-order valence-corrected chi connectivity index (χ2v) is 5.31. The first-order chi connectivity index (χ1) is 11.7. The molecule has 3 rings (SSSR count). The fourth-order valence-corrected chi connectivity index (χ4v) is 2.32. The van der Waals surface area contributed by atoms with Crippen molar-refractivity contribution in [2.24, 2.45) is 0 Å². The quantitative estimate of drug-likeness (QED) is 0.649. The van der Waals surface area contributed by atoms with Crippen molar-refractivity contribution in [3.05, 3.63) is 72.4 Å². The maximum absolute atomic E-state index is 12.6. The fraction of sp³-hybridized carbons (Fsp3) is 0.176. The van der Waals surface area contributed by atoms with Gasteiger partial charge in [-0.3, -0.25) is 5.10 Å². The lowest BCUT2D eigenvalue weighted by molar-refractivity contribution is 0.105. The summed E-state index contributed by atoms with van der Waals surface area (Å²) in [4.78, 5) is 14.1. The van der Waals surface area contributed by atoms with Crippen LogP contribution < -0.4 is 5.32 Å². The summed E-state index contributed by atoms with van der Waals surface area (Å²) in [7, 11) is 0. The van der Waals surface area contributed by atoms with Crippen LogP contribution in [0.15, 0.2) is 65.5 Å². The van der Waals surface area contributed by atoms with Gasteiger partial charge < -0.3 is 19.7 Å². The average molecular weight is 326 g/mol. The number of H-pyrrole nitrogens is 1. The Labute approximate surface area is 138 Å². The minimum Gasteiger partial charge on any atom is -0.467 e. The van der Waals surface area contributed by atoms with Crippen molar-refractivity contribution < 1.29 is 14.3 Å². The molecule has 0 spiro atoms. The van der Waals surface area contributed by atoms with E-state index in [9.17, 15) is 9.90 Å². The van der Waals surface area contributed by atoms with Gasteiger partial charge in [-0.25, -0.2) is 4.79 Å². The number of anilines is 1. The van der Waals surface area contributed by atoms with Gasteiger partial charge in [0.1, 0.15) is 11.9 Å². The molecule has 3 aromatic rings. The molecule has 124 valence electrons. The molecule has 0 aliphatic heterocycles. The summed E-state index contributed by atoms with van der Waals surface area (Å²) in [6.07, 6.45) is 3.69. The van der Waals surface area contributed by atoms with E-state index in [1.54, 1.807) is 18.3 Å². The smallest absolute Gasteiger partial charge is 0.322 e. The standard InChI is InChI=1S/C17H18N4O3/c22-15(16-7-4-8-24-16)12-21(11-13-5-2-1-3-6-13)17(23)20-14-9-18-19-10-14/h1-10,15,22H,11-12H2,(H,18,19)(H,20,23). The van der Waals surface area contributed by atoms with Crippen LogP contribution in [0, 0.1) is 0 Å². The number of aliphatic hydroxyl groups is 1. The van der Waals surface area contributed by atoms with Gasteiger partial charge in [0.2, 0.25) is 0 Å². The average Bonchev–Trinajstić information content (AvgIpc) is 3.29. The van der Waals surface area contributed by atoms with E-state index in [1.165, 1.54) is 17.4 Å². The molecular weight excluding hydrogens is 308 g/mol. The molecule has 0 aliphatic carbocycles. The number of hydrogen-bond donors (Lipinski definition) is 3. The first kappa shape index (κ1) is 15.8. The molecule has 0 aliphatic rings. The minimum atomic E-state index is -0.904. The van der Waals surface area contributed by atoms with Gasteiger partial charge in [-0.2, -0.15) is 5.10 Å². The number of carbonyl (C=O) groups excluding carboxylic acids is 1. The highest BCUT2D eigenvalue weighted by Gasteiger charge is 2.21. The van der Waals surface area contributed by atoms with E-state index in [0.29, 0.717) is 18.0 Å². The normalized spacial score (nSPS) is 11.9. The van der Waals surface area contributed by atoms with Crippen LogP contribution >= 0.6 is 0 Å². The van der Waals surface area contributed by atoms with Crippen molar-refractivity contribution in [1.29, 1.82) is 0 Å². The van der Waals surface area contributed by atoms with Crippen LogP contribution in [0.25, 0.3) is 0 Å². The zero-order chi connectivity index (χ0) is 16.8. The fourth-order valence-electron chi connectivity index (χ4n) is 2.32. The molecule has 2 amide bonds. The van der Waals surface area contributed by atoms with Gasteiger partial charge in [-0.1, -0.05) is 30.3 Å². The summed E-state index contributed by atoms with van der Waals surface area (Å²) >= 11 is 0. The zero-order valence-electron chi connectivity index (χ0n) is 12.9. The summed E-state index contributed by atoms with van der Waals surface area (Å²) in [5.41, 5.74) is 1.53. The Bertz CT molecular complexity index is 742. The third kappa shape index (κ3) is 4.02. The number of nitrogens with zero attached hydrogens (tertiary/aromatic N) is 2. The Morgan fingerprint density at radius 2 is 2.12 bits per heavy atom. The predicted molar refractivity (Wildman–Crippen MR) is 88.1 cm³/mol. The Balaban J connectivity index is 1.73. The lowest BCUT2D eigenvalue weighted by Crippen LogP contribution is -2.37. The summed E-state index contributed by atoms with van der Waals surface area (Å²) in [6, 6.07) is 12.6. The van der Waals surface area contributed by atoms with Gasteiger partial charge in [0, 0.05) is 12.7 Å². The molecule has 0 saturated heterocycles. The van der Waals surface area contributed by atoms with Crippen molar-refractivity contribution in [3.8, 4) is 0 Å². The van der Waals surface area contributed by atoms with Crippen molar-refractivity contribution in [2.45, 2.75) is 12.6 Å². The van der Waals surface area contributed by atoms with E-state index in [0.717, 1.165) is 5.56 Å². The third-order valence-corrected chi connectivity index (χ3v) is 3.52. The van der Waals surface area contributed by atoms with E-state index >= 15 is 0 Å². The van der Waals surface area contributed by atoms with Crippen LogP contribution in [0.2, 0.25) is 0 Å². The molecule has 1 unspecified atom stereocenters. The molecule has 0 radical (unpaired) electrons. The molecule has 3 N–H and O–H groups in total. The lowest BCUT2D eigenvalue weighted by Gasteiger charge is -2.25. The molecule has 1 atom stereocenters. The van der Waals surface area contributed by atoms with Gasteiger partial charge in [0.15, 0.2) is 0 Å². The number of benzene rings is 1. The van der Waals surface area contributed by atoms with E-state index in [2.05, 4.69) is 15.5 Å². The number of aromatic amines is 1. The molecule has 1 aromatic carbocycles. The SMILES string of the molecule is O=C(Nc1cn[nH]c1)N(Cc1ccccc1)CC(O)c1ccco1. The molecule has 7 heteroatoms. The van der Waals surface area contributed by atoms with Crippen LogP contribution in [-0.4, -0.2) is 32.8 Å². The van der Waals surface area contributed by atoms with Gasteiger partial charge in [-0.05, 0) is 17.7 Å². The summed E-state index contributed by atoms with van der Waals surface area (Å²) in [6.45, 7) is 0.467. The topological polar surface area (TPSA) is 94.4 Å².